The van der Waals surface area contributed by atoms with E-state index >= 15 is 0 Å². The number of amides is 1. The molecule has 3 nitrogen and oxygen atoms in total. The largest absolute Gasteiger partial charge is 0.387 e. The first-order valence-corrected chi connectivity index (χ1v) is 7.00. The molecule has 0 unspecified atom stereocenters. The molecule has 1 N–H and O–H groups in total. The van der Waals surface area contributed by atoms with Crippen molar-refractivity contribution in [2.24, 2.45) is 0 Å². The van der Waals surface area contributed by atoms with Gasteiger partial charge in [-0.1, -0.05) is 23.7 Å². The highest BCUT2D eigenvalue weighted by Gasteiger charge is 2.21. The van der Waals surface area contributed by atoms with Crippen molar-refractivity contribution in [2.45, 2.75) is 6.92 Å². The lowest BCUT2D eigenvalue weighted by Gasteiger charge is -2.23. The molecule has 21 heavy (non-hydrogen) atoms. The van der Waals surface area contributed by atoms with E-state index in [9.17, 15) is 9.18 Å². The first-order valence-electron chi connectivity index (χ1n) is 6.62. The van der Waals surface area contributed by atoms with Gasteiger partial charge in [0.1, 0.15) is 5.82 Å². The maximum Gasteiger partial charge on any atom is 0.260 e. The molecular weight excluding hydrogens is 291 g/mol. The number of hydrogen-bond acceptors (Lipinski definition) is 2. The molecule has 0 aliphatic rings. The standard InChI is InChI=1S/C16H16ClFN2O/c1-3-20(15-7-5-4-6-13(15)18)16(21)12-10-11(17)8-9-14(12)19-2/h4-10,19H,3H2,1-2H3. The third-order valence-electron chi connectivity index (χ3n) is 3.19. The average molecular weight is 307 g/mol. The quantitative estimate of drug-likeness (QED) is 0.918. The highest BCUT2D eigenvalue weighted by atomic mass is 35.5. The Kier molecular flexibility index (Phi) is 4.81. The zero-order chi connectivity index (χ0) is 15.4. The van der Waals surface area contributed by atoms with Gasteiger partial charge in [-0.3, -0.25) is 4.79 Å². The molecule has 0 saturated heterocycles. The Morgan fingerprint density at radius 3 is 2.62 bits per heavy atom. The fraction of sp³-hybridized carbons (Fsp3) is 0.188. The van der Waals surface area contributed by atoms with Crippen molar-refractivity contribution in [1.29, 1.82) is 0 Å². The van der Waals surface area contributed by atoms with Crippen LogP contribution in [0.4, 0.5) is 15.8 Å². The second-order valence-electron chi connectivity index (χ2n) is 4.44. The van der Waals surface area contributed by atoms with E-state index in [1.165, 1.54) is 11.0 Å². The van der Waals surface area contributed by atoms with E-state index < -0.39 is 5.82 Å². The summed E-state index contributed by atoms with van der Waals surface area (Å²) >= 11 is 5.97. The highest BCUT2D eigenvalue weighted by molar-refractivity contribution is 6.31. The summed E-state index contributed by atoms with van der Waals surface area (Å²) in [4.78, 5) is 14.1. The summed E-state index contributed by atoms with van der Waals surface area (Å²) in [7, 11) is 1.72. The number of benzene rings is 2. The number of nitrogens with one attached hydrogen (secondary N) is 1. The van der Waals surface area contributed by atoms with Crippen molar-refractivity contribution in [3.8, 4) is 0 Å². The van der Waals surface area contributed by atoms with Crippen molar-refractivity contribution in [3.05, 3.63) is 58.9 Å². The molecule has 0 radical (unpaired) electrons. The maximum absolute atomic E-state index is 13.9. The first kappa shape index (κ1) is 15.3. The Bertz CT molecular complexity index is 660. The van der Waals surface area contributed by atoms with Gasteiger partial charge in [0, 0.05) is 24.3 Å². The van der Waals surface area contributed by atoms with Crippen LogP contribution in [0, 0.1) is 5.82 Å². The molecule has 2 rings (SSSR count). The number of halogens is 2. The van der Waals surface area contributed by atoms with E-state index in [1.807, 2.05) is 0 Å². The molecule has 2 aromatic rings. The zero-order valence-electron chi connectivity index (χ0n) is 11.9. The predicted molar refractivity (Wildman–Crippen MR) is 84.7 cm³/mol. The molecule has 0 heterocycles. The van der Waals surface area contributed by atoms with Gasteiger partial charge in [-0.15, -0.1) is 0 Å². The zero-order valence-corrected chi connectivity index (χ0v) is 12.6. The Hall–Kier alpha value is -2.07. The minimum absolute atomic E-state index is 0.257. The number of anilines is 2. The summed E-state index contributed by atoms with van der Waals surface area (Å²) in [6.07, 6.45) is 0. The van der Waals surface area contributed by atoms with Crippen molar-refractivity contribution in [1.82, 2.24) is 0 Å². The number of carbonyl (C=O) groups excluding carboxylic acids is 1. The number of nitrogens with zero attached hydrogens (tertiary/aromatic N) is 1. The summed E-state index contributed by atoms with van der Waals surface area (Å²) in [6.45, 7) is 2.16. The Morgan fingerprint density at radius 1 is 1.29 bits per heavy atom. The predicted octanol–water partition coefficient (Wildman–Crippen LogP) is 4.19. The Morgan fingerprint density at radius 2 is 2.00 bits per heavy atom. The van der Waals surface area contributed by atoms with Crippen LogP contribution < -0.4 is 10.2 Å². The minimum Gasteiger partial charge on any atom is -0.387 e. The average Bonchev–Trinajstić information content (AvgIpc) is 2.49. The lowest BCUT2D eigenvalue weighted by Crippen LogP contribution is -2.31. The van der Waals surface area contributed by atoms with Gasteiger partial charge in [0.15, 0.2) is 0 Å². The lowest BCUT2D eigenvalue weighted by molar-refractivity contribution is 0.0988. The maximum atomic E-state index is 13.9. The molecule has 0 fully saturated rings. The van der Waals surface area contributed by atoms with Crippen LogP contribution in [-0.4, -0.2) is 19.5 Å². The van der Waals surface area contributed by atoms with Gasteiger partial charge in [0.05, 0.1) is 11.3 Å². The number of rotatable bonds is 4. The second kappa shape index (κ2) is 6.59. The van der Waals surface area contributed by atoms with Crippen LogP contribution in [0.3, 0.4) is 0 Å². The van der Waals surface area contributed by atoms with E-state index in [4.69, 9.17) is 11.6 Å². The molecule has 0 spiro atoms. The second-order valence-corrected chi connectivity index (χ2v) is 4.88. The lowest BCUT2D eigenvalue weighted by atomic mass is 10.1. The van der Waals surface area contributed by atoms with Crippen LogP contribution in [0.15, 0.2) is 42.5 Å². The molecule has 0 aliphatic heterocycles. The van der Waals surface area contributed by atoms with Gasteiger partial charge in [0.2, 0.25) is 0 Å². The molecule has 0 saturated carbocycles. The fourth-order valence-electron chi connectivity index (χ4n) is 2.15. The molecule has 2 aromatic carbocycles. The van der Waals surface area contributed by atoms with Gasteiger partial charge in [-0.25, -0.2) is 4.39 Å². The summed E-state index contributed by atoms with van der Waals surface area (Å²) in [6, 6.07) is 11.2. The van der Waals surface area contributed by atoms with Gasteiger partial charge >= 0.3 is 0 Å². The summed E-state index contributed by atoms with van der Waals surface area (Å²) < 4.78 is 13.9. The molecule has 110 valence electrons. The van der Waals surface area contributed by atoms with E-state index in [-0.39, 0.29) is 11.6 Å². The number of para-hydroxylation sites is 1. The summed E-state index contributed by atoms with van der Waals surface area (Å²) in [5.74, 6) is -0.727. The smallest absolute Gasteiger partial charge is 0.260 e. The monoisotopic (exact) mass is 306 g/mol. The van der Waals surface area contributed by atoms with Crippen LogP contribution in [0.25, 0.3) is 0 Å². The molecule has 0 aromatic heterocycles. The van der Waals surface area contributed by atoms with Crippen LogP contribution >= 0.6 is 11.6 Å². The Balaban J connectivity index is 2.46. The van der Waals surface area contributed by atoms with E-state index in [0.717, 1.165) is 0 Å². The molecule has 0 bridgehead atoms. The summed E-state index contributed by atoms with van der Waals surface area (Å²) in [5.41, 5.74) is 1.32. The normalized spacial score (nSPS) is 10.3. The van der Waals surface area contributed by atoms with Crippen LogP contribution in [0.5, 0.6) is 0 Å². The molecular formula is C16H16ClFN2O. The highest BCUT2D eigenvalue weighted by Crippen LogP contribution is 2.26. The molecule has 5 heteroatoms. The third-order valence-corrected chi connectivity index (χ3v) is 3.42. The van der Waals surface area contributed by atoms with Crippen LogP contribution in [0.2, 0.25) is 5.02 Å². The molecule has 0 aliphatic carbocycles. The number of hydrogen-bond donors (Lipinski definition) is 1. The minimum atomic E-state index is -0.430. The van der Waals surface area contributed by atoms with Gasteiger partial charge in [-0.05, 0) is 37.3 Å². The number of carbonyl (C=O) groups is 1. The Labute approximate surface area is 128 Å². The molecule has 1 amide bonds. The SMILES string of the molecule is CCN(C(=O)c1cc(Cl)ccc1NC)c1ccccc1F. The van der Waals surface area contributed by atoms with Gasteiger partial charge < -0.3 is 10.2 Å². The van der Waals surface area contributed by atoms with Crippen molar-refractivity contribution < 1.29 is 9.18 Å². The van der Waals surface area contributed by atoms with Crippen LogP contribution in [0.1, 0.15) is 17.3 Å². The van der Waals surface area contributed by atoms with E-state index in [2.05, 4.69) is 5.32 Å². The van der Waals surface area contributed by atoms with E-state index in [0.29, 0.717) is 22.8 Å². The first-order chi connectivity index (χ1) is 10.1. The van der Waals surface area contributed by atoms with Gasteiger partial charge in [0.25, 0.3) is 5.91 Å². The van der Waals surface area contributed by atoms with Crippen molar-refractivity contribution in [3.63, 3.8) is 0 Å². The summed E-state index contributed by atoms with van der Waals surface area (Å²) in [5, 5.41) is 3.41. The van der Waals surface area contributed by atoms with Crippen LogP contribution in [-0.2, 0) is 0 Å². The van der Waals surface area contributed by atoms with Gasteiger partial charge in [-0.2, -0.15) is 0 Å². The third kappa shape index (κ3) is 3.16. The topological polar surface area (TPSA) is 32.3 Å². The van der Waals surface area contributed by atoms with Crippen molar-refractivity contribution >= 4 is 28.9 Å². The van der Waals surface area contributed by atoms with E-state index in [1.54, 1.807) is 50.4 Å². The molecule has 0 atom stereocenters. The fourth-order valence-corrected chi connectivity index (χ4v) is 2.32. The van der Waals surface area contributed by atoms with Crippen molar-refractivity contribution in [2.75, 3.05) is 23.8 Å².